The normalized spacial score (nSPS) is 20.1. The van der Waals surface area contributed by atoms with E-state index in [1.807, 2.05) is 0 Å². The van der Waals surface area contributed by atoms with E-state index in [9.17, 15) is 0 Å². The van der Waals surface area contributed by atoms with Crippen molar-refractivity contribution < 1.29 is 4.74 Å². The lowest BCUT2D eigenvalue weighted by Gasteiger charge is -2.28. The third-order valence-electron chi connectivity index (χ3n) is 4.85. The molecule has 124 valence electrons. The first kappa shape index (κ1) is 14.8. The van der Waals surface area contributed by atoms with Gasteiger partial charge in [0.05, 0.1) is 18.6 Å². The van der Waals surface area contributed by atoms with Gasteiger partial charge in [0.2, 0.25) is 5.95 Å². The number of ether oxygens (including phenoxy) is 1. The molecule has 23 heavy (non-hydrogen) atoms. The third-order valence-corrected chi connectivity index (χ3v) is 4.85. The Bertz CT molecular complexity index is 671. The highest BCUT2D eigenvalue weighted by molar-refractivity contribution is 5.89. The van der Waals surface area contributed by atoms with Crippen LogP contribution in [0, 0.1) is 6.92 Å². The van der Waals surface area contributed by atoms with Gasteiger partial charge in [-0.2, -0.15) is 9.97 Å². The van der Waals surface area contributed by atoms with Gasteiger partial charge in [0.25, 0.3) is 0 Å². The van der Waals surface area contributed by atoms with E-state index in [-0.39, 0.29) is 0 Å². The minimum Gasteiger partial charge on any atom is -0.378 e. The smallest absolute Gasteiger partial charge is 0.229 e. The Morgan fingerprint density at radius 3 is 2.74 bits per heavy atom. The Balaban J connectivity index is 1.67. The van der Waals surface area contributed by atoms with E-state index in [4.69, 9.17) is 14.7 Å². The van der Waals surface area contributed by atoms with E-state index in [1.165, 1.54) is 32.1 Å². The average Bonchev–Trinajstić information content (AvgIpc) is 2.97. The predicted octanol–water partition coefficient (Wildman–Crippen LogP) is 2.85. The number of hydrogen-bond acceptors (Lipinski definition) is 5. The summed E-state index contributed by atoms with van der Waals surface area (Å²) in [5.74, 6) is 1.79. The van der Waals surface area contributed by atoms with Gasteiger partial charge in [-0.1, -0.05) is 19.3 Å². The second kappa shape index (κ2) is 6.35. The Labute approximate surface area is 136 Å². The molecule has 0 bridgehead atoms. The van der Waals surface area contributed by atoms with Crippen molar-refractivity contribution >= 4 is 22.8 Å². The van der Waals surface area contributed by atoms with Crippen LogP contribution in [0.2, 0.25) is 0 Å². The number of aromatic amines is 1. The van der Waals surface area contributed by atoms with Crippen LogP contribution in [0.4, 0.5) is 11.8 Å². The summed E-state index contributed by atoms with van der Waals surface area (Å²) < 4.78 is 5.44. The molecule has 2 aliphatic rings. The highest BCUT2D eigenvalue weighted by atomic mass is 16.5. The van der Waals surface area contributed by atoms with Crippen molar-refractivity contribution in [2.45, 2.75) is 45.1 Å². The van der Waals surface area contributed by atoms with Crippen LogP contribution in [-0.4, -0.2) is 47.3 Å². The summed E-state index contributed by atoms with van der Waals surface area (Å²) in [5.41, 5.74) is 2.05. The van der Waals surface area contributed by atoms with Crippen molar-refractivity contribution in [2.75, 3.05) is 36.5 Å². The fourth-order valence-corrected chi connectivity index (χ4v) is 3.58. The van der Waals surface area contributed by atoms with E-state index in [0.29, 0.717) is 6.04 Å². The van der Waals surface area contributed by atoms with Crippen molar-refractivity contribution in [3.63, 3.8) is 0 Å². The van der Waals surface area contributed by atoms with Gasteiger partial charge in [-0.15, -0.1) is 0 Å². The molecule has 6 nitrogen and oxygen atoms in total. The van der Waals surface area contributed by atoms with Crippen LogP contribution in [-0.2, 0) is 4.74 Å². The van der Waals surface area contributed by atoms with Gasteiger partial charge in [0, 0.05) is 24.8 Å². The minimum absolute atomic E-state index is 0.537. The first-order valence-electron chi connectivity index (χ1n) is 8.76. The molecule has 0 unspecified atom stereocenters. The van der Waals surface area contributed by atoms with E-state index < -0.39 is 0 Å². The monoisotopic (exact) mass is 315 g/mol. The molecule has 0 aromatic carbocycles. The number of aryl methyl sites for hydroxylation is 1. The first-order chi connectivity index (χ1) is 11.3. The summed E-state index contributed by atoms with van der Waals surface area (Å²) >= 11 is 0. The molecule has 0 atom stereocenters. The molecule has 2 N–H and O–H groups in total. The maximum Gasteiger partial charge on any atom is 0.229 e. The van der Waals surface area contributed by atoms with Gasteiger partial charge in [-0.25, -0.2) is 0 Å². The Morgan fingerprint density at radius 2 is 1.96 bits per heavy atom. The molecular weight excluding hydrogens is 290 g/mol. The quantitative estimate of drug-likeness (QED) is 0.912. The van der Waals surface area contributed by atoms with Crippen LogP contribution >= 0.6 is 0 Å². The highest BCUT2D eigenvalue weighted by Crippen LogP contribution is 2.28. The van der Waals surface area contributed by atoms with Crippen LogP contribution in [0.15, 0.2) is 6.07 Å². The second-order valence-corrected chi connectivity index (χ2v) is 6.67. The van der Waals surface area contributed by atoms with Crippen molar-refractivity contribution in [3.8, 4) is 0 Å². The molecule has 1 aliphatic heterocycles. The zero-order valence-electron chi connectivity index (χ0n) is 13.8. The summed E-state index contributed by atoms with van der Waals surface area (Å²) in [6, 6.07) is 2.68. The maximum absolute atomic E-state index is 5.44. The molecule has 0 radical (unpaired) electrons. The SMILES string of the molecule is Cc1cc2c(NC3CCCCC3)nc(N3CCOCC3)nc2[nH]1. The van der Waals surface area contributed by atoms with Gasteiger partial charge >= 0.3 is 0 Å². The Morgan fingerprint density at radius 1 is 1.17 bits per heavy atom. The van der Waals surface area contributed by atoms with Crippen LogP contribution < -0.4 is 10.2 Å². The van der Waals surface area contributed by atoms with Gasteiger partial charge in [-0.05, 0) is 25.8 Å². The van der Waals surface area contributed by atoms with Crippen molar-refractivity contribution in [1.29, 1.82) is 0 Å². The number of nitrogens with zero attached hydrogens (tertiary/aromatic N) is 3. The predicted molar refractivity (Wildman–Crippen MR) is 92.2 cm³/mol. The number of H-pyrrole nitrogens is 1. The van der Waals surface area contributed by atoms with Gasteiger partial charge in [0.15, 0.2) is 0 Å². The largest absolute Gasteiger partial charge is 0.378 e. The summed E-state index contributed by atoms with van der Waals surface area (Å²) in [7, 11) is 0. The number of hydrogen-bond donors (Lipinski definition) is 2. The number of nitrogens with one attached hydrogen (secondary N) is 2. The lowest BCUT2D eigenvalue weighted by molar-refractivity contribution is 0.122. The van der Waals surface area contributed by atoms with E-state index >= 15 is 0 Å². The van der Waals surface area contributed by atoms with Crippen LogP contribution in [0.5, 0.6) is 0 Å². The topological polar surface area (TPSA) is 66.1 Å². The molecule has 1 aliphatic carbocycles. The molecule has 6 heteroatoms. The van der Waals surface area contributed by atoms with Crippen LogP contribution in [0.1, 0.15) is 37.8 Å². The second-order valence-electron chi connectivity index (χ2n) is 6.67. The number of anilines is 2. The number of aromatic nitrogens is 3. The fraction of sp³-hybridized carbons (Fsp3) is 0.647. The molecule has 4 rings (SSSR count). The summed E-state index contributed by atoms with van der Waals surface area (Å²) in [4.78, 5) is 15.2. The molecular formula is C17H25N5O. The zero-order chi connectivity index (χ0) is 15.6. The van der Waals surface area contributed by atoms with E-state index in [0.717, 1.165) is 54.8 Å². The van der Waals surface area contributed by atoms with Crippen LogP contribution in [0.25, 0.3) is 11.0 Å². The van der Waals surface area contributed by atoms with E-state index in [1.54, 1.807) is 0 Å². The Kier molecular flexibility index (Phi) is 4.08. The van der Waals surface area contributed by atoms with Crippen molar-refractivity contribution in [2.24, 2.45) is 0 Å². The number of fused-ring (bicyclic) bond motifs is 1. The highest BCUT2D eigenvalue weighted by Gasteiger charge is 2.20. The number of morpholine rings is 1. The van der Waals surface area contributed by atoms with Crippen LogP contribution in [0.3, 0.4) is 0 Å². The van der Waals surface area contributed by atoms with Gasteiger partial charge in [0.1, 0.15) is 11.5 Å². The first-order valence-corrected chi connectivity index (χ1v) is 8.76. The molecule has 0 amide bonds. The van der Waals surface area contributed by atoms with Crippen molar-refractivity contribution in [3.05, 3.63) is 11.8 Å². The number of rotatable bonds is 3. The standard InChI is InChI=1S/C17H25N5O/c1-12-11-14-15(18-12)20-17(22-7-9-23-10-8-22)21-16(14)19-13-5-3-2-4-6-13/h11,13H,2-10H2,1H3,(H2,18,19,20,21). The summed E-state index contributed by atoms with van der Waals surface area (Å²) in [6.45, 7) is 5.27. The molecule has 3 heterocycles. The summed E-state index contributed by atoms with van der Waals surface area (Å²) in [6.07, 6.45) is 6.46. The zero-order valence-corrected chi connectivity index (χ0v) is 13.8. The molecule has 2 fully saturated rings. The Hall–Kier alpha value is -1.82. The maximum atomic E-state index is 5.44. The lowest BCUT2D eigenvalue weighted by Crippen LogP contribution is -2.37. The van der Waals surface area contributed by atoms with Gasteiger partial charge in [-0.3, -0.25) is 0 Å². The third kappa shape index (κ3) is 3.13. The van der Waals surface area contributed by atoms with E-state index in [2.05, 4.69) is 28.2 Å². The molecule has 2 aromatic heterocycles. The minimum atomic E-state index is 0.537. The summed E-state index contributed by atoms with van der Waals surface area (Å²) in [5, 5.41) is 4.79. The average molecular weight is 315 g/mol. The molecule has 1 saturated carbocycles. The molecule has 2 aromatic rings. The lowest BCUT2D eigenvalue weighted by atomic mass is 9.95. The molecule has 0 spiro atoms. The fourth-order valence-electron chi connectivity index (χ4n) is 3.58. The van der Waals surface area contributed by atoms with Gasteiger partial charge < -0.3 is 19.9 Å². The van der Waals surface area contributed by atoms with Crippen molar-refractivity contribution in [1.82, 2.24) is 15.0 Å². The molecule has 1 saturated heterocycles.